The summed E-state index contributed by atoms with van der Waals surface area (Å²) in [6.45, 7) is 11.0. The number of Topliss-reactive ketones (excluding diaryl/α,β-unsaturated/α-hetero) is 3. The van der Waals surface area contributed by atoms with Crippen molar-refractivity contribution in [3.05, 3.63) is 47.6 Å². The number of aliphatic hydroxyl groups excluding tert-OH is 2. The van der Waals surface area contributed by atoms with Gasteiger partial charge in [-0.05, 0) is 107 Å². The summed E-state index contributed by atoms with van der Waals surface area (Å²) in [5.74, 6) is -7.18. The van der Waals surface area contributed by atoms with Crippen LogP contribution < -0.4 is 0 Å². The van der Waals surface area contributed by atoms with E-state index in [9.17, 15) is 39.3 Å². The van der Waals surface area contributed by atoms with Crippen molar-refractivity contribution in [3.8, 4) is 0 Å². The van der Waals surface area contributed by atoms with Crippen molar-refractivity contribution in [2.45, 2.75) is 180 Å². The van der Waals surface area contributed by atoms with Gasteiger partial charge in [-0.1, -0.05) is 64.2 Å². The molecule has 3 aliphatic heterocycles. The highest BCUT2D eigenvalue weighted by atomic mass is 16.6. The van der Waals surface area contributed by atoms with Crippen molar-refractivity contribution in [1.29, 1.82) is 0 Å². The number of aliphatic hydroxyl groups is 3. The Kier molecular flexibility index (Phi) is 20.8. The van der Waals surface area contributed by atoms with E-state index < -0.39 is 77.9 Å². The summed E-state index contributed by atoms with van der Waals surface area (Å²) in [4.78, 5) is 71.2. The molecule has 0 radical (unpaired) electrons. The van der Waals surface area contributed by atoms with Crippen LogP contribution in [0, 0.1) is 29.6 Å². The van der Waals surface area contributed by atoms with Gasteiger partial charge in [0.2, 0.25) is 5.79 Å². The standard InChI is InChI=1S/C50H77NO13/c1-30-15-11-10-12-16-31(2)41(60-7)29-38-22-19-35(6)50(59,64-38)47(56)48(57)51-24-14-13-17-39(51)49(58)63-42(33(4)26-36-20-23-40(53)43(27-36)61-8)28-37(52)21-18-32(3)44(54)46(62-9)45(55)34(5)25-30/h10-12,15-16,18,30,33-36,38-44,46,53-54,59H,13-14,17,19-29H2,1-9H3/b12-10+,15-11+,31-16+,32-18+/t30-,33-,34-,35-,36+,38?,39+,40-,41+,42+,43-,44-,46-,50-/m1/s1. The van der Waals surface area contributed by atoms with Crippen molar-refractivity contribution in [2.75, 3.05) is 27.9 Å². The van der Waals surface area contributed by atoms with Gasteiger partial charge in [0, 0.05) is 59.0 Å². The van der Waals surface area contributed by atoms with Crippen LogP contribution in [-0.2, 0) is 47.7 Å². The molecule has 3 fully saturated rings. The molecule has 1 amide bonds. The summed E-state index contributed by atoms with van der Waals surface area (Å²) < 4.78 is 29.2. The number of ether oxygens (including phenoxy) is 5. The molecule has 14 atom stereocenters. The molecule has 3 heterocycles. The van der Waals surface area contributed by atoms with Crippen LogP contribution in [0.2, 0.25) is 0 Å². The Bertz CT molecular complexity index is 1720. The fourth-order valence-electron chi connectivity index (χ4n) is 9.85. The first-order valence-corrected chi connectivity index (χ1v) is 23.5. The van der Waals surface area contributed by atoms with E-state index in [2.05, 4.69) is 0 Å². The van der Waals surface area contributed by atoms with E-state index in [1.54, 1.807) is 34.1 Å². The Morgan fingerprint density at radius 1 is 0.859 bits per heavy atom. The monoisotopic (exact) mass is 900 g/mol. The maximum absolute atomic E-state index is 14.3. The summed E-state index contributed by atoms with van der Waals surface area (Å²) in [7, 11) is 4.51. The lowest BCUT2D eigenvalue weighted by Crippen LogP contribution is -2.61. The molecule has 0 aromatic heterocycles. The summed E-state index contributed by atoms with van der Waals surface area (Å²) in [5, 5.41) is 33.7. The minimum absolute atomic E-state index is 0.0239. The number of nitrogens with zero attached hydrogens (tertiary/aromatic N) is 1. The van der Waals surface area contributed by atoms with Crippen LogP contribution in [0.15, 0.2) is 47.6 Å². The first-order valence-electron chi connectivity index (χ1n) is 23.5. The minimum atomic E-state index is -2.42. The minimum Gasteiger partial charge on any atom is -0.460 e. The molecule has 14 heteroatoms. The van der Waals surface area contributed by atoms with Gasteiger partial charge in [0.05, 0.1) is 24.4 Å². The average Bonchev–Trinajstić information content (AvgIpc) is 3.27. The van der Waals surface area contributed by atoms with Crippen LogP contribution in [0.25, 0.3) is 0 Å². The zero-order valence-electron chi connectivity index (χ0n) is 39.7. The highest BCUT2D eigenvalue weighted by molar-refractivity contribution is 6.39. The molecule has 0 aromatic rings. The summed E-state index contributed by atoms with van der Waals surface area (Å²) >= 11 is 0. The van der Waals surface area contributed by atoms with Crippen LogP contribution in [0.1, 0.15) is 125 Å². The molecule has 0 aromatic carbocycles. The van der Waals surface area contributed by atoms with E-state index in [4.69, 9.17) is 23.7 Å². The predicted molar refractivity (Wildman–Crippen MR) is 241 cm³/mol. The van der Waals surface area contributed by atoms with E-state index >= 15 is 0 Å². The predicted octanol–water partition coefficient (Wildman–Crippen LogP) is 5.93. The molecule has 0 spiro atoms. The third-order valence-electron chi connectivity index (χ3n) is 14.1. The highest BCUT2D eigenvalue weighted by Crippen LogP contribution is 2.37. The van der Waals surface area contributed by atoms with E-state index in [1.165, 1.54) is 12.0 Å². The first-order chi connectivity index (χ1) is 30.3. The number of piperidine rings is 1. The van der Waals surface area contributed by atoms with Gasteiger partial charge >= 0.3 is 5.97 Å². The van der Waals surface area contributed by atoms with Gasteiger partial charge in [0.15, 0.2) is 5.78 Å². The van der Waals surface area contributed by atoms with E-state index in [-0.39, 0.29) is 61.2 Å². The third kappa shape index (κ3) is 14.1. The van der Waals surface area contributed by atoms with Gasteiger partial charge in [-0.15, -0.1) is 0 Å². The lowest BCUT2D eigenvalue weighted by molar-refractivity contribution is -0.265. The molecule has 1 aliphatic carbocycles. The zero-order valence-corrected chi connectivity index (χ0v) is 39.7. The van der Waals surface area contributed by atoms with Gasteiger partial charge in [-0.3, -0.25) is 19.2 Å². The lowest BCUT2D eigenvalue weighted by Gasteiger charge is -2.42. The number of hydrogen-bond acceptors (Lipinski definition) is 13. The van der Waals surface area contributed by atoms with Gasteiger partial charge in [0.25, 0.3) is 11.7 Å². The Morgan fingerprint density at radius 2 is 1.59 bits per heavy atom. The number of carbonyl (C=O) groups is 5. The molecule has 1 saturated carbocycles. The number of rotatable bonds is 6. The van der Waals surface area contributed by atoms with E-state index in [0.29, 0.717) is 63.4 Å². The Balaban J connectivity index is 1.68. The fraction of sp³-hybridized carbons (Fsp3) is 0.740. The Hall–Kier alpha value is -3.37. The second kappa shape index (κ2) is 25.0. The molecule has 1 unspecified atom stereocenters. The zero-order chi connectivity index (χ0) is 47.3. The topological polar surface area (TPSA) is 195 Å². The summed E-state index contributed by atoms with van der Waals surface area (Å²) in [5.41, 5.74) is 1.27. The normalized spacial score (nSPS) is 39.7. The fourth-order valence-corrected chi connectivity index (χ4v) is 9.85. The van der Waals surface area contributed by atoms with Crippen molar-refractivity contribution in [3.63, 3.8) is 0 Å². The van der Waals surface area contributed by atoms with E-state index in [1.807, 2.05) is 58.1 Å². The number of allylic oxidation sites excluding steroid dienone is 6. The van der Waals surface area contributed by atoms with Gasteiger partial charge in [0.1, 0.15) is 30.1 Å². The maximum Gasteiger partial charge on any atom is 0.329 e. The Labute approximate surface area is 380 Å². The number of carbonyl (C=O) groups excluding carboxylic acids is 5. The van der Waals surface area contributed by atoms with Crippen LogP contribution in [0.3, 0.4) is 0 Å². The molecule has 360 valence electrons. The van der Waals surface area contributed by atoms with Crippen molar-refractivity contribution < 1.29 is 63.0 Å². The lowest BCUT2D eigenvalue weighted by atomic mass is 9.78. The van der Waals surface area contributed by atoms with E-state index in [0.717, 1.165) is 12.0 Å². The van der Waals surface area contributed by atoms with Crippen molar-refractivity contribution in [2.24, 2.45) is 29.6 Å². The smallest absolute Gasteiger partial charge is 0.329 e. The SMILES string of the molecule is CO[C@H]1CC2CC[C@@H](C)[C@@](O)(O2)C(=O)C(=O)N2CCCC[C@H]2C(=O)O[C@H]([C@H](C)C[C@@H]2CC[C@@H](O)[C@H](OC)C2)CC(=O)C/C=C(\C)[C@@H](O)[C@@H](OC)C(=O)[C@H](C)C[C@H](C)/C=C/C=C/C=C/1C. The summed E-state index contributed by atoms with van der Waals surface area (Å²) in [6, 6.07) is -1.13. The largest absolute Gasteiger partial charge is 0.460 e. The molecular weight excluding hydrogens is 823 g/mol. The number of fused-ring (bicyclic) bond motifs is 3. The molecule has 4 aliphatic rings. The average molecular weight is 900 g/mol. The molecule has 64 heavy (non-hydrogen) atoms. The van der Waals surface area contributed by atoms with Crippen molar-refractivity contribution >= 4 is 29.2 Å². The van der Waals surface area contributed by atoms with Crippen LogP contribution in [-0.4, -0.2) is 132 Å². The molecule has 3 N–H and O–H groups in total. The molecule has 2 saturated heterocycles. The number of hydrogen-bond donors (Lipinski definition) is 3. The van der Waals surface area contributed by atoms with Gasteiger partial charge in [-0.25, -0.2) is 4.79 Å². The number of esters is 1. The molecular formula is C50H77NO13. The number of ketones is 3. The Morgan fingerprint density at radius 3 is 2.28 bits per heavy atom. The number of cyclic esters (lactones) is 1. The quantitative estimate of drug-likeness (QED) is 0.161. The first kappa shape index (κ1) is 53.2. The molecule has 14 nitrogen and oxygen atoms in total. The number of amides is 1. The second-order valence-electron chi connectivity index (χ2n) is 19.1. The van der Waals surface area contributed by atoms with Crippen LogP contribution >= 0.6 is 0 Å². The third-order valence-corrected chi connectivity index (χ3v) is 14.1. The maximum atomic E-state index is 14.3. The number of methoxy groups -OCH3 is 3. The van der Waals surface area contributed by atoms with Gasteiger partial charge < -0.3 is 43.9 Å². The van der Waals surface area contributed by atoms with Crippen LogP contribution in [0.5, 0.6) is 0 Å². The highest BCUT2D eigenvalue weighted by Gasteiger charge is 2.53. The summed E-state index contributed by atoms with van der Waals surface area (Å²) in [6.07, 6.45) is 11.1. The van der Waals surface area contributed by atoms with Gasteiger partial charge in [-0.2, -0.15) is 0 Å². The second-order valence-corrected chi connectivity index (χ2v) is 19.1. The van der Waals surface area contributed by atoms with Crippen LogP contribution in [0.4, 0.5) is 0 Å². The molecule has 4 rings (SSSR count). The molecule has 2 bridgehead atoms. The van der Waals surface area contributed by atoms with Crippen molar-refractivity contribution in [1.82, 2.24) is 4.90 Å².